The molecule has 0 unspecified atom stereocenters. The molecule has 4 nitrogen and oxygen atoms in total. The van der Waals surface area contributed by atoms with E-state index in [4.69, 9.17) is 5.73 Å². The summed E-state index contributed by atoms with van der Waals surface area (Å²) in [6, 6.07) is 4.91. The van der Waals surface area contributed by atoms with Crippen molar-refractivity contribution >= 4 is 34.8 Å². The van der Waals surface area contributed by atoms with Gasteiger partial charge in [0.15, 0.2) is 5.13 Å². The smallest absolute Gasteiger partial charge is 0.317 e. The number of benzene rings is 1. The molecule has 23 heavy (non-hydrogen) atoms. The molecule has 1 aliphatic rings. The van der Waals surface area contributed by atoms with Gasteiger partial charge in [0.05, 0.1) is 16.8 Å². The van der Waals surface area contributed by atoms with Crippen molar-refractivity contribution in [3.05, 3.63) is 35.2 Å². The molecule has 1 aliphatic carbocycles. The highest BCUT2D eigenvalue weighted by Gasteiger charge is 2.46. The third-order valence-corrected chi connectivity index (χ3v) is 4.21. The molecule has 0 aliphatic heterocycles. The Kier molecular flexibility index (Phi) is 4.70. The molecule has 1 amide bonds. The highest BCUT2D eigenvalue weighted by atomic mass is 35.5. The van der Waals surface area contributed by atoms with Crippen LogP contribution in [-0.4, -0.2) is 16.4 Å². The fourth-order valence-corrected chi connectivity index (χ4v) is 2.62. The monoisotopic (exact) mass is 363 g/mol. The van der Waals surface area contributed by atoms with E-state index in [-0.39, 0.29) is 18.3 Å². The van der Waals surface area contributed by atoms with Gasteiger partial charge in [-0.2, -0.15) is 13.2 Å². The Balaban J connectivity index is 0.00000192. The number of carbonyl (C=O) groups is 1. The second-order valence-electron chi connectivity index (χ2n) is 5.23. The molecular weight excluding hydrogens is 351 g/mol. The van der Waals surface area contributed by atoms with Crippen LogP contribution in [0.5, 0.6) is 0 Å². The van der Waals surface area contributed by atoms with Crippen molar-refractivity contribution in [2.24, 2.45) is 5.73 Å². The summed E-state index contributed by atoms with van der Waals surface area (Å²) >= 11 is 1.15. The predicted octanol–water partition coefficient (Wildman–Crippen LogP) is 3.68. The van der Waals surface area contributed by atoms with Crippen LogP contribution in [0.15, 0.2) is 29.6 Å². The number of thiazole rings is 1. The van der Waals surface area contributed by atoms with E-state index >= 15 is 0 Å². The SMILES string of the molecule is Cl.NC1(C(=O)Nc2nc(-c3cccc(C(F)(F)F)c3)cs2)CC1. The average Bonchev–Trinajstić information content (AvgIpc) is 3.05. The molecule has 3 N–H and O–H groups in total. The minimum absolute atomic E-state index is 0. The second kappa shape index (κ2) is 6.10. The van der Waals surface area contributed by atoms with Crippen molar-refractivity contribution in [1.82, 2.24) is 4.98 Å². The molecule has 0 radical (unpaired) electrons. The molecule has 1 heterocycles. The van der Waals surface area contributed by atoms with E-state index in [2.05, 4.69) is 10.3 Å². The molecule has 1 fully saturated rings. The lowest BCUT2D eigenvalue weighted by Gasteiger charge is -2.08. The van der Waals surface area contributed by atoms with Gasteiger partial charge in [-0.05, 0) is 25.0 Å². The third kappa shape index (κ3) is 3.82. The van der Waals surface area contributed by atoms with Crippen molar-refractivity contribution in [1.29, 1.82) is 0 Å². The first kappa shape index (κ1) is 17.7. The van der Waals surface area contributed by atoms with Gasteiger partial charge < -0.3 is 11.1 Å². The van der Waals surface area contributed by atoms with Crippen LogP contribution in [0.3, 0.4) is 0 Å². The molecule has 124 valence electrons. The van der Waals surface area contributed by atoms with E-state index in [0.717, 1.165) is 23.5 Å². The maximum atomic E-state index is 12.7. The normalized spacial score (nSPS) is 15.7. The molecule has 1 aromatic carbocycles. The van der Waals surface area contributed by atoms with Crippen LogP contribution in [0.4, 0.5) is 18.3 Å². The van der Waals surface area contributed by atoms with Gasteiger partial charge in [-0.25, -0.2) is 4.98 Å². The number of hydrogen-bond acceptors (Lipinski definition) is 4. The van der Waals surface area contributed by atoms with Crippen LogP contribution in [0.2, 0.25) is 0 Å². The molecule has 0 spiro atoms. The van der Waals surface area contributed by atoms with Gasteiger partial charge in [-0.15, -0.1) is 23.7 Å². The van der Waals surface area contributed by atoms with Crippen molar-refractivity contribution < 1.29 is 18.0 Å². The molecular formula is C14H13ClF3N3OS. The molecule has 1 saturated carbocycles. The highest BCUT2D eigenvalue weighted by molar-refractivity contribution is 7.14. The van der Waals surface area contributed by atoms with Crippen LogP contribution in [0.1, 0.15) is 18.4 Å². The number of aromatic nitrogens is 1. The molecule has 0 saturated heterocycles. The zero-order chi connectivity index (χ0) is 16.0. The van der Waals surface area contributed by atoms with Crippen LogP contribution in [-0.2, 0) is 11.0 Å². The van der Waals surface area contributed by atoms with Crippen LogP contribution in [0.25, 0.3) is 11.3 Å². The maximum Gasteiger partial charge on any atom is 0.416 e. The molecule has 0 bridgehead atoms. The summed E-state index contributed by atoms with van der Waals surface area (Å²) in [7, 11) is 0. The van der Waals surface area contributed by atoms with Gasteiger partial charge in [-0.3, -0.25) is 4.79 Å². The van der Waals surface area contributed by atoms with Gasteiger partial charge in [0.2, 0.25) is 5.91 Å². The fourth-order valence-electron chi connectivity index (χ4n) is 1.90. The average molecular weight is 364 g/mol. The number of rotatable bonds is 3. The van der Waals surface area contributed by atoms with E-state index in [9.17, 15) is 18.0 Å². The summed E-state index contributed by atoms with van der Waals surface area (Å²) in [6.07, 6.45) is -3.14. The zero-order valence-corrected chi connectivity index (χ0v) is 13.3. The summed E-state index contributed by atoms with van der Waals surface area (Å²) in [5, 5.41) is 4.53. The van der Waals surface area contributed by atoms with E-state index in [1.165, 1.54) is 6.07 Å². The lowest BCUT2D eigenvalue weighted by Crippen LogP contribution is -2.37. The number of hydrogen-bond donors (Lipinski definition) is 2. The van der Waals surface area contributed by atoms with Gasteiger partial charge in [0.1, 0.15) is 0 Å². The summed E-state index contributed by atoms with van der Waals surface area (Å²) in [6.45, 7) is 0. The topological polar surface area (TPSA) is 68.0 Å². The minimum Gasteiger partial charge on any atom is -0.317 e. The summed E-state index contributed by atoms with van der Waals surface area (Å²) in [4.78, 5) is 16.0. The van der Waals surface area contributed by atoms with Gasteiger partial charge >= 0.3 is 6.18 Å². The van der Waals surface area contributed by atoms with E-state index < -0.39 is 17.3 Å². The maximum absolute atomic E-state index is 12.7. The summed E-state index contributed by atoms with van der Waals surface area (Å²) in [5.41, 5.74) is 4.94. The number of nitrogens with two attached hydrogens (primary N) is 1. The number of anilines is 1. The predicted molar refractivity (Wildman–Crippen MR) is 84.6 cm³/mol. The number of nitrogens with one attached hydrogen (secondary N) is 1. The Morgan fingerprint density at radius 2 is 2.04 bits per heavy atom. The Morgan fingerprint density at radius 1 is 1.35 bits per heavy atom. The molecule has 0 atom stereocenters. The van der Waals surface area contributed by atoms with Crippen molar-refractivity contribution in [2.75, 3.05) is 5.32 Å². The number of halogens is 4. The first-order valence-electron chi connectivity index (χ1n) is 6.51. The Hall–Kier alpha value is -1.64. The van der Waals surface area contributed by atoms with Gasteiger partial charge in [0, 0.05) is 10.9 Å². The first-order valence-corrected chi connectivity index (χ1v) is 7.39. The minimum atomic E-state index is -4.40. The highest BCUT2D eigenvalue weighted by Crippen LogP contribution is 2.35. The Bertz CT molecular complexity index is 728. The fraction of sp³-hybridized carbons (Fsp3) is 0.286. The van der Waals surface area contributed by atoms with E-state index in [0.29, 0.717) is 29.2 Å². The summed E-state index contributed by atoms with van der Waals surface area (Å²) in [5.74, 6) is -0.308. The van der Waals surface area contributed by atoms with Crippen LogP contribution in [0, 0.1) is 0 Å². The standard InChI is InChI=1S/C14H12F3N3OS.ClH/c15-14(16,17)9-3-1-2-8(6-9)10-7-22-12(19-10)20-11(21)13(18)4-5-13;/h1-3,6-7H,4-5,18H2,(H,19,20,21);1H. The van der Waals surface area contributed by atoms with Crippen molar-refractivity contribution in [2.45, 2.75) is 24.6 Å². The zero-order valence-electron chi connectivity index (χ0n) is 11.7. The van der Waals surface area contributed by atoms with Crippen molar-refractivity contribution in [3.63, 3.8) is 0 Å². The molecule has 1 aromatic heterocycles. The summed E-state index contributed by atoms with van der Waals surface area (Å²) < 4.78 is 38.1. The largest absolute Gasteiger partial charge is 0.416 e. The quantitative estimate of drug-likeness (QED) is 0.874. The number of alkyl halides is 3. The number of nitrogens with zero attached hydrogens (tertiary/aromatic N) is 1. The lowest BCUT2D eigenvalue weighted by atomic mass is 10.1. The lowest BCUT2D eigenvalue weighted by molar-refractivity contribution is -0.137. The van der Waals surface area contributed by atoms with Crippen molar-refractivity contribution in [3.8, 4) is 11.3 Å². The van der Waals surface area contributed by atoms with Gasteiger partial charge in [0.25, 0.3) is 0 Å². The molecule has 2 aromatic rings. The number of carbonyl (C=O) groups excluding carboxylic acids is 1. The molecule has 3 rings (SSSR count). The Labute approximate surface area is 140 Å². The van der Waals surface area contributed by atoms with Crippen LogP contribution < -0.4 is 11.1 Å². The Morgan fingerprint density at radius 3 is 2.65 bits per heavy atom. The van der Waals surface area contributed by atoms with Crippen LogP contribution >= 0.6 is 23.7 Å². The number of amides is 1. The third-order valence-electron chi connectivity index (χ3n) is 3.45. The first-order chi connectivity index (χ1) is 10.3. The van der Waals surface area contributed by atoms with E-state index in [1.807, 2.05) is 0 Å². The van der Waals surface area contributed by atoms with E-state index in [1.54, 1.807) is 11.4 Å². The molecule has 9 heteroatoms. The second-order valence-corrected chi connectivity index (χ2v) is 6.08. The van der Waals surface area contributed by atoms with Gasteiger partial charge in [-0.1, -0.05) is 12.1 Å².